The van der Waals surface area contributed by atoms with Crippen LogP contribution in [0.15, 0.2) is 35.8 Å². The van der Waals surface area contributed by atoms with E-state index in [4.69, 9.17) is 15.5 Å². The molecule has 4 amide bonds. The molecule has 0 aliphatic carbocycles. The van der Waals surface area contributed by atoms with Gasteiger partial charge < -0.3 is 36.4 Å². The van der Waals surface area contributed by atoms with Crippen LogP contribution in [-0.4, -0.2) is 74.5 Å². The Labute approximate surface area is 263 Å². The Kier molecular flexibility index (Phi) is 9.68. The maximum absolute atomic E-state index is 14.2. The lowest BCUT2D eigenvalue weighted by Crippen LogP contribution is -2.60. The molecule has 1 aromatic carbocycles. The van der Waals surface area contributed by atoms with Crippen LogP contribution in [0.4, 0.5) is 8.78 Å². The summed E-state index contributed by atoms with van der Waals surface area (Å²) in [5.41, 5.74) is 0.0347. The molecule has 0 bridgehead atoms. The Hall–Kier alpha value is -3.34. The van der Waals surface area contributed by atoms with E-state index in [9.17, 15) is 32.5 Å². The Morgan fingerprint density at radius 1 is 1.22 bits per heavy atom. The molecule has 5 rings (SSSR count). The molecular weight excluding hydrogens is 653 g/mol. The van der Waals surface area contributed by atoms with Gasteiger partial charge in [0, 0.05) is 40.8 Å². The maximum atomic E-state index is 14.2. The second-order valence-corrected chi connectivity index (χ2v) is 14.6. The third kappa shape index (κ3) is 7.08. The minimum atomic E-state index is -5.78. The summed E-state index contributed by atoms with van der Waals surface area (Å²) in [4.78, 5) is 76.2. The molecule has 0 saturated carbocycles. The number of aromatic nitrogens is 1. The van der Waals surface area contributed by atoms with Gasteiger partial charge in [-0.05, 0) is 55.8 Å². The number of thiazole rings is 1. The van der Waals surface area contributed by atoms with Crippen LogP contribution in [0, 0.1) is 0 Å². The summed E-state index contributed by atoms with van der Waals surface area (Å²) in [5, 5.41) is 11.3. The number of amides is 4. The number of nitrogens with two attached hydrogens (primary N) is 1. The van der Waals surface area contributed by atoms with Crippen molar-refractivity contribution in [2.24, 2.45) is 5.73 Å². The highest BCUT2D eigenvalue weighted by molar-refractivity contribution is 7.52. The molecule has 2 fully saturated rings. The standard InChI is InChI=1S/C27H31F2N6O7PS2/c28-27(29,43(40,41)42)15-1-5-20-14(11-15)12-21(45-20)24(38)34-18-13-31-8-7-16-2-4-19(35(16)26(18)39)23(37)33-17(3-6-22(30)36)25-32-9-10-44-25/h1,5,9-12,16-19,31H,2-4,6-8,13H2,(H2,30,36)(H,33,37)(H,34,38)(H2,40,41,42)/t16-,17+,18+,19+/m1/s1. The van der Waals surface area contributed by atoms with Gasteiger partial charge in [-0.25, -0.2) is 4.98 Å². The topological polar surface area (TPSA) is 204 Å². The van der Waals surface area contributed by atoms with Gasteiger partial charge in [-0.1, -0.05) is 6.07 Å². The molecule has 242 valence electrons. The number of nitrogens with zero attached hydrogens (tertiary/aromatic N) is 2. The molecule has 45 heavy (non-hydrogen) atoms. The summed E-state index contributed by atoms with van der Waals surface area (Å²) in [7, 11) is -5.78. The van der Waals surface area contributed by atoms with Crippen LogP contribution >= 0.6 is 30.3 Å². The average molecular weight is 685 g/mol. The molecule has 13 nitrogen and oxygen atoms in total. The first-order chi connectivity index (χ1) is 21.3. The minimum Gasteiger partial charge on any atom is -0.370 e. The number of carbonyl (C=O) groups is 4. The van der Waals surface area contributed by atoms with Gasteiger partial charge in [-0.15, -0.1) is 22.7 Å². The Morgan fingerprint density at radius 3 is 2.69 bits per heavy atom. The summed E-state index contributed by atoms with van der Waals surface area (Å²) in [6.45, 7) is 0.626. The molecular formula is C27H31F2N6O7PS2. The highest BCUT2D eigenvalue weighted by atomic mass is 32.1. The lowest BCUT2D eigenvalue weighted by molar-refractivity contribution is -0.142. The number of hydrogen-bond donors (Lipinski definition) is 6. The van der Waals surface area contributed by atoms with E-state index >= 15 is 0 Å². The van der Waals surface area contributed by atoms with Gasteiger partial charge in [-0.2, -0.15) is 8.78 Å². The third-order valence-corrected chi connectivity index (χ3v) is 10.9. The molecule has 2 aliphatic heterocycles. The Balaban J connectivity index is 1.32. The molecule has 4 heterocycles. The van der Waals surface area contributed by atoms with E-state index in [2.05, 4.69) is 20.9 Å². The van der Waals surface area contributed by atoms with Crippen molar-refractivity contribution in [2.75, 3.05) is 13.1 Å². The Morgan fingerprint density at radius 2 is 2.00 bits per heavy atom. The number of fused-ring (bicyclic) bond motifs is 2. The zero-order valence-corrected chi connectivity index (χ0v) is 26.2. The molecule has 3 aromatic rings. The van der Waals surface area contributed by atoms with Crippen molar-refractivity contribution in [1.29, 1.82) is 0 Å². The van der Waals surface area contributed by atoms with E-state index in [1.54, 1.807) is 11.6 Å². The smallest absolute Gasteiger partial charge is 0.370 e. The van der Waals surface area contributed by atoms with E-state index in [-0.39, 0.29) is 35.7 Å². The van der Waals surface area contributed by atoms with Gasteiger partial charge in [0.05, 0.1) is 10.9 Å². The van der Waals surface area contributed by atoms with Crippen molar-refractivity contribution in [3.05, 3.63) is 51.3 Å². The number of alkyl halides is 2. The number of halogens is 2. The zero-order chi connectivity index (χ0) is 32.5. The van der Waals surface area contributed by atoms with Crippen LogP contribution in [0.25, 0.3) is 10.1 Å². The molecule has 4 atom stereocenters. The first kappa shape index (κ1) is 33.0. The third-order valence-electron chi connectivity index (χ3n) is 7.86. The van der Waals surface area contributed by atoms with Crippen LogP contribution in [0.3, 0.4) is 0 Å². The van der Waals surface area contributed by atoms with Crippen LogP contribution in [-0.2, 0) is 24.6 Å². The van der Waals surface area contributed by atoms with Gasteiger partial charge in [0.1, 0.15) is 17.1 Å². The first-order valence-electron chi connectivity index (χ1n) is 14.1. The van der Waals surface area contributed by atoms with Crippen LogP contribution < -0.4 is 21.7 Å². The van der Waals surface area contributed by atoms with Crippen molar-refractivity contribution in [1.82, 2.24) is 25.8 Å². The quantitative estimate of drug-likeness (QED) is 0.173. The second kappa shape index (κ2) is 13.2. The lowest BCUT2D eigenvalue weighted by atomic mass is 10.1. The number of hydrogen-bond acceptors (Lipinski definition) is 9. The molecule has 18 heteroatoms. The summed E-state index contributed by atoms with van der Waals surface area (Å²) < 4.78 is 40.2. The van der Waals surface area contributed by atoms with Crippen LogP contribution in [0.1, 0.15) is 58.4 Å². The fourth-order valence-corrected chi connectivity index (χ4v) is 7.76. The monoisotopic (exact) mass is 684 g/mol. The fourth-order valence-electron chi connectivity index (χ4n) is 5.61. The van der Waals surface area contributed by atoms with E-state index < -0.39 is 60.6 Å². The number of primary amides is 1. The summed E-state index contributed by atoms with van der Waals surface area (Å²) in [5.74, 6) is -2.02. The van der Waals surface area contributed by atoms with Gasteiger partial charge >= 0.3 is 13.3 Å². The molecule has 0 unspecified atom stereocenters. The SMILES string of the molecule is NC(=O)CC[C@H](NC(=O)[C@@H]1CC[C@@H]2CCNC[C@H](NC(=O)c3cc4cc(C(F)(F)P(=O)(O)O)ccc4s3)C(=O)N21)c1nccs1. The Bertz CT molecular complexity index is 1650. The summed E-state index contributed by atoms with van der Waals surface area (Å²) in [6, 6.07) is 1.71. The van der Waals surface area contributed by atoms with Crippen molar-refractivity contribution < 1.29 is 42.3 Å². The second-order valence-electron chi connectivity index (χ2n) is 10.9. The molecule has 2 saturated heterocycles. The lowest BCUT2D eigenvalue weighted by Gasteiger charge is -2.35. The van der Waals surface area contributed by atoms with Gasteiger partial charge in [0.15, 0.2) is 0 Å². The van der Waals surface area contributed by atoms with Crippen molar-refractivity contribution in [2.45, 2.75) is 61.9 Å². The first-order valence-corrected chi connectivity index (χ1v) is 17.4. The predicted molar refractivity (Wildman–Crippen MR) is 162 cm³/mol. The van der Waals surface area contributed by atoms with E-state index in [1.165, 1.54) is 28.4 Å². The highest BCUT2D eigenvalue weighted by Crippen LogP contribution is 2.59. The fraction of sp³-hybridized carbons (Fsp3) is 0.444. The van der Waals surface area contributed by atoms with E-state index in [0.717, 1.165) is 23.5 Å². The normalized spacial score (nSPS) is 21.6. The largest absolute Gasteiger partial charge is 0.399 e. The highest BCUT2D eigenvalue weighted by Gasteiger charge is 2.50. The van der Waals surface area contributed by atoms with Gasteiger partial charge in [0.2, 0.25) is 17.7 Å². The van der Waals surface area contributed by atoms with Gasteiger partial charge in [0.25, 0.3) is 5.91 Å². The van der Waals surface area contributed by atoms with Crippen molar-refractivity contribution in [3.63, 3.8) is 0 Å². The number of rotatable bonds is 10. The molecule has 0 spiro atoms. The minimum absolute atomic E-state index is 0.0331. The molecule has 2 aromatic heterocycles. The number of thiophene rings is 1. The number of benzene rings is 1. The molecule has 0 radical (unpaired) electrons. The maximum Gasteiger partial charge on any atom is 0.399 e. The predicted octanol–water partition coefficient (Wildman–Crippen LogP) is 2.16. The van der Waals surface area contributed by atoms with Crippen molar-refractivity contribution in [3.8, 4) is 0 Å². The summed E-state index contributed by atoms with van der Waals surface area (Å²) >= 11 is 2.29. The van der Waals surface area contributed by atoms with Crippen molar-refractivity contribution >= 4 is 64.0 Å². The molecule has 2 aliphatic rings. The van der Waals surface area contributed by atoms with E-state index in [0.29, 0.717) is 35.5 Å². The number of carbonyl (C=O) groups excluding carboxylic acids is 4. The molecule has 7 N–H and O–H groups in total. The van der Waals surface area contributed by atoms with Gasteiger partial charge in [-0.3, -0.25) is 23.7 Å². The average Bonchev–Trinajstić information content (AvgIpc) is 3.74. The number of nitrogens with one attached hydrogen (secondary N) is 3. The van der Waals surface area contributed by atoms with E-state index in [1.807, 2.05) is 0 Å². The van der Waals surface area contributed by atoms with Crippen LogP contribution in [0.2, 0.25) is 0 Å². The van der Waals surface area contributed by atoms with Crippen LogP contribution in [0.5, 0.6) is 0 Å². The zero-order valence-electron chi connectivity index (χ0n) is 23.7. The summed E-state index contributed by atoms with van der Waals surface area (Å²) in [6.07, 6.45) is 3.45.